The van der Waals surface area contributed by atoms with E-state index in [1.165, 1.54) is 30.3 Å². The fourth-order valence-electron chi connectivity index (χ4n) is 2.93. The van der Waals surface area contributed by atoms with Crippen LogP contribution in [-0.4, -0.2) is 24.6 Å². The van der Waals surface area contributed by atoms with Crippen LogP contribution >= 0.6 is 0 Å². The largest absolute Gasteiger partial charge is 0.513 e. The second kappa shape index (κ2) is 11.4. The summed E-state index contributed by atoms with van der Waals surface area (Å²) >= 11 is 0. The van der Waals surface area contributed by atoms with Gasteiger partial charge in [0.15, 0.2) is 0 Å². The van der Waals surface area contributed by atoms with Crippen molar-refractivity contribution in [3.05, 3.63) is 95.3 Å². The molecule has 0 saturated carbocycles. The Labute approximate surface area is 190 Å². The topological polar surface area (TPSA) is 93.7 Å². The molecule has 0 heterocycles. The summed E-state index contributed by atoms with van der Waals surface area (Å²) in [6.45, 7) is 2.16. The van der Waals surface area contributed by atoms with E-state index in [0.29, 0.717) is 16.8 Å². The van der Waals surface area contributed by atoms with Gasteiger partial charge in [-0.3, -0.25) is 9.59 Å². The molecule has 0 fully saturated rings. The van der Waals surface area contributed by atoms with Crippen LogP contribution in [0.3, 0.4) is 0 Å². The van der Waals surface area contributed by atoms with Crippen LogP contribution in [-0.2, 0) is 22.5 Å². The van der Waals surface area contributed by atoms with Gasteiger partial charge in [-0.15, -0.1) is 0 Å². The number of nitrogens with one attached hydrogen (secondary N) is 2. The summed E-state index contributed by atoms with van der Waals surface area (Å²) in [5, 5.41) is 5.52. The molecule has 7 nitrogen and oxygen atoms in total. The predicted molar refractivity (Wildman–Crippen MR) is 120 cm³/mol. The first-order chi connectivity index (χ1) is 15.9. The number of halogens is 1. The van der Waals surface area contributed by atoms with E-state index in [0.717, 1.165) is 5.56 Å². The van der Waals surface area contributed by atoms with Crippen molar-refractivity contribution in [2.75, 3.05) is 11.9 Å². The van der Waals surface area contributed by atoms with Gasteiger partial charge in [0.2, 0.25) is 5.91 Å². The molecule has 0 aliphatic rings. The zero-order valence-corrected chi connectivity index (χ0v) is 18.0. The van der Waals surface area contributed by atoms with Crippen molar-refractivity contribution in [3.8, 4) is 5.75 Å². The number of amides is 2. The lowest BCUT2D eigenvalue weighted by atomic mass is 10.1. The molecule has 0 bridgehead atoms. The number of carbonyl (C=O) groups excluding carboxylic acids is 3. The molecule has 2 amide bonds. The van der Waals surface area contributed by atoms with Gasteiger partial charge in [-0.1, -0.05) is 30.3 Å². The first-order valence-corrected chi connectivity index (χ1v) is 10.3. The van der Waals surface area contributed by atoms with E-state index in [4.69, 9.17) is 9.47 Å². The minimum atomic E-state index is -0.804. The number of rotatable bonds is 8. The third-order valence-corrected chi connectivity index (χ3v) is 4.58. The van der Waals surface area contributed by atoms with Gasteiger partial charge in [-0.2, -0.15) is 0 Å². The number of carbonyl (C=O) groups is 3. The molecular formula is C25H23FN2O5. The fraction of sp³-hybridized carbons (Fsp3) is 0.160. The molecule has 3 aromatic rings. The second-order valence-electron chi connectivity index (χ2n) is 7.01. The average Bonchev–Trinajstić information content (AvgIpc) is 2.80. The number of hydrogen-bond acceptors (Lipinski definition) is 5. The van der Waals surface area contributed by atoms with Gasteiger partial charge < -0.3 is 20.1 Å². The molecule has 3 rings (SSSR count). The summed E-state index contributed by atoms with van der Waals surface area (Å²) in [5.74, 6) is -0.756. The summed E-state index contributed by atoms with van der Waals surface area (Å²) in [4.78, 5) is 35.8. The normalized spacial score (nSPS) is 10.2. The Morgan fingerprint density at radius 1 is 0.909 bits per heavy atom. The van der Waals surface area contributed by atoms with E-state index >= 15 is 0 Å². The van der Waals surface area contributed by atoms with Crippen LogP contribution in [0.15, 0.2) is 72.8 Å². The minimum Gasteiger partial charge on any atom is -0.434 e. The zero-order chi connectivity index (χ0) is 23.6. The summed E-state index contributed by atoms with van der Waals surface area (Å²) in [6.07, 6.45) is -0.866. The molecule has 0 spiro atoms. The molecule has 0 aliphatic carbocycles. The minimum absolute atomic E-state index is 0.0614. The summed E-state index contributed by atoms with van der Waals surface area (Å²) in [7, 11) is 0. The fourth-order valence-corrected chi connectivity index (χ4v) is 2.93. The predicted octanol–water partition coefficient (Wildman–Crippen LogP) is 4.47. The van der Waals surface area contributed by atoms with E-state index in [1.54, 1.807) is 49.4 Å². The molecule has 2 N–H and O–H groups in total. The third-order valence-electron chi connectivity index (χ3n) is 4.58. The Morgan fingerprint density at radius 2 is 1.61 bits per heavy atom. The van der Waals surface area contributed by atoms with Crippen molar-refractivity contribution in [1.82, 2.24) is 5.32 Å². The number of ether oxygens (including phenoxy) is 2. The molecule has 0 atom stereocenters. The smallest absolute Gasteiger partial charge is 0.434 e. The van der Waals surface area contributed by atoms with Gasteiger partial charge >= 0.3 is 6.16 Å². The van der Waals surface area contributed by atoms with Gasteiger partial charge in [0.25, 0.3) is 5.91 Å². The molecule has 0 aromatic heterocycles. The SMILES string of the molecule is CCOC(=O)Oc1ccc(C(=O)NCc2ccc(NC(=O)Cc3ccccc3F)cc2)cc1. The maximum atomic E-state index is 13.7. The molecule has 33 heavy (non-hydrogen) atoms. The first kappa shape index (κ1) is 23.5. The Hall–Kier alpha value is -4.20. The maximum Gasteiger partial charge on any atom is 0.513 e. The van der Waals surface area contributed by atoms with Gasteiger partial charge in [0, 0.05) is 17.8 Å². The van der Waals surface area contributed by atoms with Gasteiger partial charge in [-0.05, 0) is 60.5 Å². The molecule has 0 saturated heterocycles. The van der Waals surface area contributed by atoms with Crippen molar-refractivity contribution in [2.45, 2.75) is 19.9 Å². The van der Waals surface area contributed by atoms with E-state index in [1.807, 2.05) is 0 Å². The first-order valence-electron chi connectivity index (χ1n) is 10.3. The highest BCUT2D eigenvalue weighted by molar-refractivity contribution is 5.94. The van der Waals surface area contributed by atoms with Crippen molar-refractivity contribution in [1.29, 1.82) is 0 Å². The molecular weight excluding hydrogens is 427 g/mol. The summed E-state index contributed by atoms with van der Waals surface area (Å²) < 4.78 is 23.3. The summed E-state index contributed by atoms with van der Waals surface area (Å²) in [5.41, 5.74) is 2.14. The van der Waals surface area contributed by atoms with Crippen LogP contribution in [0.25, 0.3) is 0 Å². The average molecular weight is 450 g/mol. The van der Waals surface area contributed by atoms with Gasteiger partial charge in [0.1, 0.15) is 11.6 Å². The van der Waals surface area contributed by atoms with Crippen molar-refractivity contribution >= 4 is 23.7 Å². The van der Waals surface area contributed by atoms with Crippen LogP contribution in [0.5, 0.6) is 5.75 Å². The van der Waals surface area contributed by atoms with E-state index < -0.39 is 12.0 Å². The standard InChI is InChI=1S/C25H23FN2O5/c1-2-32-25(31)33-21-13-9-18(10-14-21)24(30)27-16-17-7-11-20(12-8-17)28-23(29)15-19-5-3-4-6-22(19)26/h3-14H,2,15-16H2,1H3,(H,27,30)(H,28,29). The third kappa shape index (κ3) is 7.17. The number of hydrogen-bond donors (Lipinski definition) is 2. The van der Waals surface area contributed by atoms with Crippen LogP contribution in [0.1, 0.15) is 28.4 Å². The molecule has 0 unspecified atom stereocenters. The molecule has 170 valence electrons. The van der Waals surface area contributed by atoms with E-state index in [9.17, 15) is 18.8 Å². The summed E-state index contributed by atoms with van der Waals surface area (Å²) in [6, 6.07) is 19.2. The van der Waals surface area contributed by atoms with E-state index in [-0.39, 0.29) is 37.1 Å². The molecule has 0 radical (unpaired) electrons. The lowest BCUT2D eigenvalue weighted by Gasteiger charge is -2.09. The Balaban J connectivity index is 1.47. The lowest BCUT2D eigenvalue weighted by Crippen LogP contribution is -2.22. The highest BCUT2D eigenvalue weighted by Gasteiger charge is 2.10. The van der Waals surface area contributed by atoms with Crippen LogP contribution in [0.4, 0.5) is 14.9 Å². The zero-order valence-electron chi connectivity index (χ0n) is 18.0. The van der Waals surface area contributed by atoms with Crippen molar-refractivity contribution in [2.24, 2.45) is 0 Å². The van der Waals surface area contributed by atoms with Crippen LogP contribution in [0.2, 0.25) is 0 Å². The highest BCUT2D eigenvalue weighted by atomic mass is 19.1. The molecule has 3 aromatic carbocycles. The molecule has 0 aliphatic heterocycles. The molecule has 8 heteroatoms. The Kier molecular flexibility index (Phi) is 8.13. The van der Waals surface area contributed by atoms with Crippen molar-refractivity contribution < 1.29 is 28.2 Å². The Morgan fingerprint density at radius 3 is 2.27 bits per heavy atom. The maximum absolute atomic E-state index is 13.7. The van der Waals surface area contributed by atoms with Crippen molar-refractivity contribution in [3.63, 3.8) is 0 Å². The number of benzene rings is 3. The highest BCUT2D eigenvalue weighted by Crippen LogP contribution is 2.14. The van der Waals surface area contributed by atoms with Crippen LogP contribution < -0.4 is 15.4 Å². The lowest BCUT2D eigenvalue weighted by molar-refractivity contribution is -0.115. The monoisotopic (exact) mass is 450 g/mol. The van der Waals surface area contributed by atoms with Gasteiger partial charge in [-0.25, -0.2) is 9.18 Å². The second-order valence-corrected chi connectivity index (χ2v) is 7.01. The number of anilines is 1. The Bertz CT molecular complexity index is 1110. The van der Waals surface area contributed by atoms with Gasteiger partial charge in [0.05, 0.1) is 13.0 Å². The van der Waals surface area contributed by atoms with Crippen LogP contribution in [0, 0.1) is 5.82 Å². The quantitative estimate of drug-likeness (QED) is 0.390. The van der Waals surface area contributed by atoms with E-state index in [2.05, 4.69) is 10.6 Å².